The number of likely N-dealkylation sites (N-methyl/N-ethyl adjacent to an activating group) is 1. The average molecular weight is 1100 g/mol. The van der Waals surface area contributed by atoms with Gasteiger partial charge in [-0.3, -0.25) is 14.9 Å². The van der Waals surface area contributed by atoms with Crippen molar-refractivity contribution in [1.29, 1.82) is 0 Å². The normalized spacial score (nSPS) is 41.0. The second-order valence-corrected chi connectivity index (χ2v) is 28.2. The molecule has 12 bridgehead atoms. The number of allylic oxidation sites excluding steroid dienone is 8. The zero-order valence-corrected chi connectivity index (χ0v) is 48.7. The molecule has 5 fully saturated rings. The van der Waals surface area contributed by atoms with Crippen LogP contribution in [-0.2, 0) is 20.7 Å². The predicted molar refractivity (Wildman–Crippen MR) is 312 cm³/mol. The van der Waals surface area contributed by atoms with Crippen LogP contribution in [-0.4, -0.2) is 102 Å². The largest absolute Gasteiger partial charge is 0.459 e. The van der Waals surface area contributed by atoms with Gasteiger partial charge in [-0.25, -0.2) is 4.79 Å². The Bertz CT molecular complexity index is 3000. The summed E-state index contributed by atoms with van der Waals surface area (Å²) in [6.45, 7) is 8.56. The molecule has 2 spiro atoms. The molecule has 6 aliphatic carbocycles. The van der Waals surface area contributed by atoms with Crippen LogP contribution in [0.15, 0.2) is 99.6 Å². The first kappa shape index (κ1) is 54.3. The number of rotatable bonds is 9. The lowest BCUT2D eigenvalue weighted by Crippen LogP contribution is -2.69. The van der Waals surface area contributed by atoms with E-state index < -0.39 is 40.7 Å². The lowest BCUT2D eigenvalue weighted by Gasteiger charge is -2.64. The number of hydrogen-bond donors (Lipinski definition) is 8. The lowest BCUT2D eigenvalue weighted by molar-refractivity contribution is -0.203. The monoisotopic (exact) mass is 1100 g/mol. The lowest BCUT2D eigenvalue weighted by atomic mass is 9.44. The summed E-state index contributed by atoms with van der Waals surface area (Å²) in [7, 11) is 1.97. The number of Topliss-reactive ketones (excluding diaryl/α,β-unsaturated/α-hetero) is 2. The Hall–Kier alpha value is -4.63. The van der Waals surface area contributed by atoms with Gasteiger partial charge in [0.1, 0.15) is 11.9 Å². The van der Waals surface area contributed by atoms with E-state index in [0.29, 0.717) is 37.3 Å². The first-order valence-corrected chi connectivity index (χ1v) is 32.0. The van der Waals surface area contributed by atoms with E-state index >= 15 is 14.4 Å². The van der Waals surface area contributed by atoms with E-state index in [4.69, 9.17) is 9.47 Å². The van der Waals surface area contributed by atoms with Gasteiger partial charge >= 0.3 is 5.97 Å². The first-order valence-electron chi connectivity index (χ1n) is 32.0. The number of aliphatic hydroxyl groups is 2. The minimum Gasteiger partial charge on any atom is -0.459 e. The fourth-order valence-electron chi connectivity index (χ4n) is 20.1. The molecule has 0 amide bonds. The summed E-state index contributed by atoms with van der Waals surface area (Å²) >= 11 is 0. The molecule has 14 rings (SSSR count). The minimum absolute atomic E-state index is 0.0282. The van der Waals surface area contributed by atoms with Gasteiger partial charge in [-0.15, -0.1) is 0 Å². The maximum Gasteiger partial charge on any atom is 0.350 e. The quantitative estimate of drug-likeness (QED) is 0.0508. The zero-order valence-electron chi connectivity index (χ0n) is 48.7. The molecule has 15 unspecified atom stereocenters. The Kier molecular flexibility index (Phi) is 13.8. The number of benzene rings is 1. The van der Waals surface area contributed by atoms with Crippen LogP contribution in [0.5, 0.6) is 0 Å². The number of nitrogens with one attached hydrogen (secondary N) is 6. The van der Waals surface area contributed by atoms with Gasteiger partial charge in [0, 0.05) is 47.7 Å². The molecule has 2 saturated heterocycles. The van der Waals surface area contributed by atoms with Gasteiger partial charge in [-0.1, -0.05) is 93.7 Å². The van der Waals surface area contributed by atoms with Crippen molar-refractivity contribution in [3.8, 4) is 0 Å². The SMILES string of the molecule is CCNC12C=C3C=CCC4CCCCC5(C)CC6=CNC7NCCC(CC7=C6)C6C(C1)C(CC(O)C61CCCC1)C(OC(=O)C16OC1(CC(CO)=C(C)CCC1=CCNC7=C1CCC(NC)N7)C(=O)c1cccc(c1C6=O)C5)C2CC34. The average Bonchev–Trinajstić information content (AvgIpc) is 3.27. The molecular weight excluding hydrogens is 1010 g/mol. The fourth-order valence-corrected chi connectivity index (χ4v) is 20.1. The number of epoxide rings is 1. The molecule has 0 radical (unpaired) electrons. The third kappa shape index (κ3) is 8.59. The Morgan fingerprint density at radius 3 is 2.65 bits per heavy atom. The van der Waals surface area contributed by atoms with E-state index in [1.807, 2.05) is 26.1 Å². The highest BCUT2D eigenvalue weighted by atomic mass is 16.7. The summed E-state index contributed by atoms with van der Waals surface area (Å²) in [4.78, 5) is 49.1. The van der Waals surface area contributed by atoms with Crippen LogP contribution in [0.25, 0.3) is 0 Å². The Labute approximate surface area is 480 Å². The number of fused-ring (bicyclic) bond motifs is 6. The highest BCUT2D eigenvalue weighted by Gasteiger charge is 2.86. The van der Waals surface area contributed by atoms with Crippen LogP contribution in [0.2, 0.25) is 0 Å². The molecule has 13 heteroatoms. The summed E-state index contributed by atoms with van der Waals surface area (Å²) < 4.78 is 14.5. The molecule has 8 N–H and O–H groups in total. The Morgan fingerprint density at radius 2 is 1.83 bits per heavy atom. The maximum atomic E-state index is 16.6. The number of carbonyl (C=O) groups excluding carboxylic acids is 3. The molecule has 7 aliphatic heterocycles. The van der Waals surface area contributed by atoms with E-state index in [2.05, 4.69) is 82.3 Å². The van der Waals surface area contributed by atoms with Crippen LogP contribution in [0.4, 0.5) is 0 Å². The number of ether oxygens (including phenoxy) is 2. The highest BCUT2D eigenvalue weighted by Crippen LogP contribution is 2.67. The topological polar surface area (TPSA) is 186 Å². The molecule has 13 aliphatic rings. The first-order chi connectivity index (χ1) is 39.3. The van der Waals surface area contributed by atoms with Crippen LogP contribution < -0.4 is 31.9 Å². The maximum absolute atomic E-state index is 16.6. The van der Waals surface area contributed by atoms with Crippen LogP contribution in [0.3, 0.4) is 0 Å². The van der Waals surface area contributed by atoms with Crippen molar-refractivity contribution < 1.29 is 34.1 Å². The van der Waals surface area contributed by atoms with E-state index in [9.17, 15) is 10.2 Å². The molecule has 0 aromatic heterocycles. The summed E-state index contributed by atoms with van der Waals surface area (Å²) in [6.07, 6.45) is 31.3. The van der Waals surface area contributed by atoms with Gasteiger partial charge in [-0.2, -0.15) is 0 Å². The summed E-state index contributed by atoms with van der Waals surface area (Å²) in [5, 5.41) is 47.2. The highest BCUT2D eigenvalue weighted by molar-refractivity contribution is 6.33. The molecule has 1 aromatic rings. The van der Waals surface area contributed by atoms with Crippen LogP contribution in [0, 0.1) is 52.3 Å². The number of dihydropyridines is 2. The predicted octanol–water partition coefficient (Wildman–Crippen LogP) is 8.96. The number of ketones is 2. The Balaban J connectivity index is 0.939. The van der Waals surface area contributed by atoms with Crippen molar-refractivity contribution in [3.05, 3.63) is 116 Å². The van der Waals surface area contributed by atoms with Crippen molar-refractivity contribution >= 4 is 17.5 Å². The standard InChI is InChI=1S/C68H90N6O7/c1-5-73-66-34-44-14-10-13-41-12-6-7-23-64(3)32-40-28-46-29-43(22-27-70-61(46)72-37-40)57-52(36-66)51(31-54(76)65(57)24-8-9-25-65)58(53(66)30-50(41)44)80-63(79)68-60(78)56-45(33-64)15-11-16-49(56)59(77)67(68,81-68)35-47(38-75)39(2)17-18-42-21-26-71-62-48(42)19-20-55(69-4)74-62/h10-11,14-16,21,28,34,37,41,43,50-55,57-58,61,69-76H,5-9,12-13,17-20,22-27,29-33,35-36,38H2,1-4H3. The third-order valence-corrected chi connectivity index (χ3v) is 23.9. The summed E-state index contributed by atoms with van der Waals surface area (Å²) in [6, 6.07) is 5.68. The fraction of sp³-hybridized carbons (Fsp3) is 0.662. The van der Waals surface area contributed by atoms with Crippen LogP contribution in [0.1, 0.15) is 175 Å². The van der Waals surface area contributed by atoms with Crippen molar-refractivity contribution in [3.63, 3.8) is 0 Å². The molecular formula is C68H90N6O7. The second kappa shape index (κ2) is 20.6. The van der Waals surface area contributed by atoms with Crippen molar-refractivity contribution in [2.45, 2.75) is 197 Å². The van der Waals surface area contributed by atoms with Gasteiger partial charge in [0.25, 0.3) is 5.60 Å². The van der Waals surface area contributed by atoms with Gasteiger partial charge < -0.3 is 46.3 Å². The second-order valence-electron chi connectivity index (χ2n) is 28.2. The molecule has 15 atom stereocenters. The van der Waals surface area contributed by atoms with E-state index in [0.717, 1.165) is 139 Å². The zero-order chi connectivity index (χ0) is 55.6. The third-order valence-electron chi connectivity index (χ3n) is 23.9. The molecule has 81 heavy (non-hydrogen) atoms. The number of esters is 1. The van der Waals surface area contributed by atoms with E-state index in [1.54, 1.807) is 6.07 Å². The smallest absolute Gasteiger partial charge is 0.350 e. The summed E-state index contributed by atoms with van der Waals surface area (Å²) in [5.74, 6) is 0.295. The van der Waals surface area contributed by atoms with Crippen molar-refractivity contribution in [2.24, 2.45) is 52.3 Å². The van der Waals surface area contributed by atoms with Gasteiger partial charge in [0.15, 0.2) is 11.4 Å². The molecule has 434 valence electrons. The van der Waals surface area contributed by atoms with E-state index in [-0.39, 0.29) is 88.6 Å². The molecule has 7 heterocycles. The van der Waals surface area contributed by atoms with E-state index in [1.165, 1.54) is 27.9 Å². The van der Waals surface area contributed by atoms with Gasteiger partial charge in [0.05, 0.1) is 25.0 Å². The number of aliphatic hydroxyl groups excluding tert-OH is 2. The Morgan fingerprint density at radius 1 is 0.975 bits per heavy atom. The molecule has 3 saturated carbocycles. The number of carbonyl (C=O) groups is 3. The van der Waals surface area contributed by atoms with Crippen LogP contribution >= 0.6 is 0 Å². The minimum atomic E-state index is -2.26. The van der Waals surface area contributed by atoms with Gasteiger partial charge in [-0.05, 0) is 209 Å². The number of hydrogen-bond acceptors (Lipinski definition) is 13. The van der Waals surface area contributed by atoms with Crippen molar-refractivity contribution in [2.75, 3.05) is 33.3 Å². The van der Waals surface area contributed by atoms with Crippen molar-refractivity contribution in [1.82, 2.24) is 31.9 Å². The van der Waals surface area contributed by atoms with Gasteiger partial charge in [0.2, 0.25) is 5.78 Å². The molecule has 13 nitrogen and oxygen atoms in total. The molecule has 1 aromatic carbocycles. The summed E-state index contributed by atoms with van der Waals surface area (Å²) in [5.41, 5.74) is 4.17.